The first-order valence-electron chi connectivity index (χ1n) is 7.17. The molecule has 0 spiro atoms. The molecule has 0 saturated heterocycles. The lowest BCUT2D eigenvalue weighted by Gasteiger charge is -2.13. The monoisotopic (exact) mass is 328 g/mol. The van der Waals surface area contributed by atoms with Gasteiger partial charge in [0, 0.05) is 20.0 Å². The van der Waals surface area contributed by atoms with Crippen molar-refractivity contribution in [3.8, 4) is 5.75 Å². The van der Waals surface area contributed by atoms with Crippen molar-refractivity contribution >= 4 is 15.9 Å². The lowest BCUT2D eigenvalue weighted by atomic mass is 10.1. The van der Waals surface area contributed by atoms with Crippen LogP contribution in [-0.4, -0.2) is 34.5 Å². The number of nitrogens with one attached hydrogen (secondary N) is 2. The van der Waals surface area contributed by atoms with Gasteiger partial charge in [0.25, 0.3) is 0 Å². The molecular formula is C15H24N2O4S. The largest absolute Gasteiger partial charge is 0.497 e. The summed E-state index contributed by atoms with van der Waals surface area (Å²) >= 11 is 0. The van der Waals surface area contributed by atoms with Gasteiger partial charge < -0.3 is 10.1 Å². The summed E-state index contributed by atoms with van der Waals surface area (Å²) in [6.45, 7) is 5.85. The van der Waals surface area contributed by atoms with Crippen LogP contribution >= 0.6 is 0 Å². The van der Waals surface area contributed by atoms with Crippen LogP contribution < -0.4 is 14.8 Å². The zero-order valence-corrected chi connectivity index (χ0v) is 14.3. The first kappa shape index (κ1) is 18.4. The van der Waals surface area contributed by atoms with Gasteiger partial charge in [0.05, 0.1) is 12.0 Å². The zero-order valence-electron chi connectivity index (χ0n) is 13.5. The minimum atomic E-state index is -3.54. The van der Waals surface area contributed by atoms with Gasteiger partial charge >= 0.3 is 0 Å². The molecule has 0 aliphatic heterocycles. The minimum Gasteiger partial charge on any atom is -0.497 e. The minimum absolute atomic E-state index is 0.0786. The summed E-state index contributed by atoms with van der Waals surface area (Å²) in [6, 6.07) is 3.41. The molecule has 124 valence electrons. The molecule has 0 unspecified atom stereocenters. The third kappa shape index (κ3) is 5.31. The van der Waals surface area contributed by atoms with Gasteiger partial charge in [0.2, 0.25) is 15.9 Å². The van der Waals surface area contributed by atoms with Crippen LogP contribution in [0.5, 0.6) is 5.75 Å². The molecule has 0 saturated carbocycles. The Kier molecular flexibility index (Phi) is 6.83. The van der Waals surface area contributed by atoms with E-state index in [1.165, 1.54) is 6.92 Å². The number of carbonyl (C=O) groups excluding carboxylic acids is 1. The average Bonchev–Trinajstić information content (AvgIpc) is 2.41. The molecule has 0 aliphatic carbocycles. The quantitative estimate of drug-likeness (QED) is 0.708. The van der Waals surface area contributed by atoms with Crippen LogP contribution in [0.2, 0.25) is 0 Å². The van der Waals surface area contributed by atoms with E-state index in [9.17, 15) is 13.2 Å². The van der Waals surface area contributed by atoms with E-state index in [2.05, 4.69) is 10.0 Å². The van der Waals surface area contributed by atoms with Crippen molar-refractivity contribution < 1.29 is 17.9 Å². The van der Waals surface area contributed by atoms with Gasteiger partial charge in [-0.3, -0.25) is 4.79 Å². The summed E-state index contributed by atoms with van der Waals surface area (Å²) in [6.07, 6.45) is 1.39. The molecule has 0 aliphatic rings. The van der Waals surface area contributed by atoms with Crippen LogP contribution in [0, 0.1) is 13.8 Å². The molecule has 0 atom stereocenters. The van der Waals surface area contributed by atoms with Gasteiger partial charge in [-0.25, -0.2) is 13.1 Å². The Hall–Kier alpha value is -1.60. The van der Waals surface area contributed by atoms with Crippen molar-refractivity contribution in [2.45, 2.75) is 38.5 Å². The van der Waals surface area contributed by atoms with Crippen LogP contribution in [-0.2, 0) is 14.8 Å². The summed E-state index contributed by atoms with van der Waals surface area (Å²) in [5.41, 5.74) is 1.31. The maximum Gasteiger partial charge on any atom is 0.241 e. The number of ether oxygens (including phenoxy) is 1. The molecule has 0 radical (unpaired) electrons. The highest BCUT2D eigenvalue weighted by molar-refractivity contribution is 7.89. The predicted molar refractivity (Wildman–Crippen MR) is 85.6 cm³/mol. The Morgan fingerprint density at radius 1 is 1.14 bits per heavy atom. The van der Waals surface area contributed by atoms with E-state index in [0.717, 1.165) is 6.42 Å². The van der Waals surface area contributed by atoms with Crippen LogP contribution in [0.3, 0.4) is 0 Å². The molecule has 0 aromatic heterocycles. The molecule has 0 bridgehead atoms. The van der Waals surface area contributed by atoms with E-state index in [4.69, 9.17) is 4.74 Å². The summed E-state index contributed by atoms with van der Waals surface area (Å²) in [5.74, 6) is 0.564. The molecular weight excluding hydrogens is 304 g/mol. The molecule has 1 aromatic rings. The zero-order chi connectivity index (χ0) is 16.8. The second-order valence-electron chi connectivity index (χ2n) is 5.18. The lowest BCUT2D eigenvalue weighted by molar-refractivity contribution is -0.118. The fourth-order valence-electron chi connectivity index (χ4n) is 2.25. The second kappa shape index (κ2) is 8.14. The number of sulfonamides is 1. The van der Waals surface area contributed by atoms with E-state index in [-0.39, 0.29) is 5.91 Å². The Morgan fingerprint density at radius 2 is 1.68 bits per heavy atom. The van der Waals surface area contributed by atoms with E-state index >= 15 is 0 Å². The average molecular weight is 328 g/mol. The SMILES string of the molecule is COc1cc(C)c(S(=O)(=O)NCCCCNC(C)=O)c(C)c1. The van der Waals surface area contributed by atoms with E-state index in [1.807, 2.05) is 0 Å². The van der Waals surface area contributed by atoms with Crippen LogP contribution in [0.4, 0.5) is 0 Å². The summed E-state index contributed by atoms with van der Waals surface area (Å²) in [4.78, 5) is 11.0. The molecule has 0 fully saturated rings. The fourth-order valence-corrected chi connectivity index (χ4v) is 3.77. The van der Waals surface area contributed by atoms with Crippen molar-refractivity contribution in [3.05, 3.63) is 23.3 Å². The van der Waals surface area contributed by atoms with Crippen LogP contribution in [0.25, 0.3) is 0 Å². The summed E-state index contributed by atoms with van der Waals surface area (Å²) < 4.78 is 32.5. The Balaban J connectivity index is 2.65. The maximum absolute atomic E-state index is 12.4. The predicted octanol–water partition coefficient (Wildman–Crippen LogP) is 1.51. The first-order chi connectivity index (χ1) is 10.3. The van der Waals surface area contributed by atoms with Crippen molar-refractivity contribution in [3.63, 3.8) is 0 Å². The number of hydrogen-bond acceptors (Lipinski definition) is 4. The Morgan fingerprint density at radius 3 is 2.18 bits per heavy atom. The van der Waals surface area contributed by atoms with Crippen molar-refractivity contribution in [2.24, 2.45) is 0 Å². The van der Waals surface area contributed by atoms with Gasteiger partial charge in [-0.15, -0.1) is 0 Å². The number of rotatable bonds is 8. The van der Waals surface area contributed by atoms with Crippen LogP contribution in [0.15, 0.2) is 17.0 Å². The van der Waals surface area contributed by atoms with E-state index in [0.29, 0.717) is 41.3 Å². The highest BCUT2D eigenvalue weighted by Gasteiger charge is 2.19. The third-order valence-electron chi connectivity index (χ3n) is 3.21. The third-order valence-corrected chi connectivity index (χ3v) is 4.97. The smallest absolute Gasteiger partial charge is 0.241 e. The number of carbonyl (C=O) groups is 1. The number of methoxy groups -OCH3 is 1. The van der Waals surface area contributed by atoms with Gasteiger partial charge in [-0.1, -0.05) is 0 Å². The molecule has 1 amide bonds. The van der Waals surface area contributed by atoms with Gasteiger partial charge in [-0.05, 0) is 49.9 Å². The number of amides is 1. The highest BCUT2D eigenvalue weighted by Crippen LogP contribution is 2.25. The molecule has 6 nitrogen and oxygen atoms in total. The van der Waals surface area contributed by atoms with Gasteiger partial charge in [0.1, 0.15) is 5.75 Å². The first-order valence-corrected chi connectivity index (χ1v) is 8.65. The normalized spacial score (nSPS) is 11.3. The molecule has 0 heterocycles. The summed E-state index contributed by atoms with van der Waals surface area (Å²) in [7, 11) is -1.99. The van der Waals surface area contributed by atoms with E-state index in [1.54, 1.807) is 33.1 Å². The van der Waals surface area contributed by atoms with E-state index < -0.39 is 10.0 Å². The fraction of sp³-hybridized carbons (Fsp3) is 0.533. The van der Waals surface area contributed by atoms with Crippen molar-refractivity contribution in [1.29, 1.82) is 0 Å². The van der Waals surface area contributed by atoms with Crippen LogP contribution in [0.1, 0.15) is 30.9 Å². The molecule has 2 N–H and O–H groups in total. The lowest BCUT2D eigenvalue weighted by Crippen LogP contribution is -2.27. The van der Waals surface area contributed by atoms with Gasteiger partial charge in [-0.2, -0.15) is 0 Å². The summed E-state index contributed by atoms with van der Waals surface area (Å²) in [5, 5.41) is 2.68. The number of unbranched alkanes of at least 4 members (excludes halogenated alkanes) is 1. The molecule has 1 rings (SSSR count). The second-order valence-corrected chi connectivity index (χ2v) is 6.88. The standard InChI is InChI=1S/C15H24N2O4S/c1-11-9-14(21-4)10-12(2)15(11)22(19,20)17-8-6-5-7-16-13(3)18/h9-10,17H,5-8H2,1-4H3,(H,16,18). The van der Waals surface area contributed by atoms with Gasteiger partial charge in [0.15, 0.2) is 0 Å². The maximum atomic E-state index is 12.4. The Bertz CT molecular complexity index is 603. The van der Waals surface area contributed by atoms with Crippen molar-refractivity contribution in [2.75, 3.05) is 20.2 Å². The molecule has 1 aromatic carbocycles. The molecule has 7 heteroatoms. The Labute approximate surface area is 132 Å². The number of aryl methyl sites for hydroxylation is 2. The number of benzene rings is 1. The van der Waals surface area contributed by atoms with Crippen molar-refractivity contribution in [1.82, 2.24) is 10.0 Å². The molecule has 22 heavy (non-hydrogen) atoms. The highest BCUT2D eigenvalue weighted by atomic mass is 32.2. The topological polar surface area (TPSA) is 84.5 Å². The number of hydrogen-bond donors (Lipinski definition) is 2.